The second-order valence-corrected chi connectivity index (χ2v) is 4.08. The smallest absolute Gasteiger partial charge is 0.313 e. The predicted octanol–water partition coefficient (Wildman–Crippen LogP) is 2.31. The van der Waals surface area contributed by atoms with Crippen molar-refractivity contribution in [1.82, 2.24) is 0 Å². The van der Waals surface area contributed by atoms with E-state index in [1.807, 2.05) is 36.4 Å². The van der Waals surface area contributed by atoms with Crippen molar-refractivity contribution in [2.75, 3.05) is 7.11 Å². The van der Waals surface area contributed by atoms with E-state index in [2.05, 4.69) is 4.74 Å². The number of hydrogen-bond donors (Lipinski definition) is 0. The molecule has 0 radical (unpaired) electrons. The van der Waals surface area contributed by atoms with Crippen molar-refractivity contribution in [3.05, 3.63) is 53.6 Å². The van der Waals surface area contributed by atoms with E-state index in [0.717, 1.165) is 17.6 Å². The van der Waals surface area contributed by atoms with Gasteiger partial charge in [-0.2, -0.15) is 0 Å². The van der Waals surface area contributed by atoms with Crippen LogP contribution in [0.5, 0.6) is 0 Å². The van der Waals surface area contributed by atoms with Crippen LogP contribution in [0.1, 0.15) is 17.5 Å². The first kappa shape index (κ1) is 12.3. The molecule has 2 rings (SSSR count). The van der Waals surface area contributed by atoms with E-state index < -0.39 is 5.97 Å². The van der Waals surface area contributed by atoms with Gasteiger partial charge in [0.2, 0.25) is 0 Å². The Hall–Kier alpha value is -2.16. The fraction of sp³-hybridized carbons (Fsp3) is 0.200. The first-order chi connectivity index (χ1) is 8.70. The second kappa shape index (κ2) is 5.45. The number of carbonyl (C=O) groups excluding carboxylic acids is 2. The molecular weight excluding hydrogens is 228 g/mol. The molecule has 18 heavy (non-hydrogen) atoms. The quantitative estimate of drug-likeness (QED) is 0.464. The van der Waals surface area contributed by atoms with Crippen molar-refractivity contribution < 1.29 is 14.3 Å². The number of rotatable bonds is 3. The van der Waals surface area contributed by atoms with Gasteiger partial charge in [-0.25, -0.2) is 0 Å². The van der Waals surface area contributed by atoms with Crippen LogP contribution in [0.2, 0.25) is 0 Å². The SMILES string of the molecule is COC(=O)CC(=O)C=C1C=CCc2ccccc21. The topological polar surface area (TPSA) is 43.4 Å². The summed E-state index contributed by atoms with van der Waals surface area (Å²) < 4.78 is 4.47. The molecule has 0 amide bonds. The molecule has 1 aliphatic rings. The van der Waals surface area contributed by atoms with Gasteiger partial charge in [0.25, 0.3) is 0 Å². The van der Waals surface area contributed by atoms with Gasteiger partial charge in [-0.15, -0.1) is 0 Å². The molecule has 0 aliphatic heterocycles. The van der Waals surface area contributed by atoms with Crippen molar-refractivity contribution in [2.24, 2.45) is 0 Å². The number of carbonyl (C=O) groups is 2. The molecule has 92 valence electrons. The van der Waals surface area contributed by atoms with Crippen LogP contribution < -0.4 is 0 Å². The Morgan fingerprint density at radius 2 is 2.11 bits per heavy atom. The molecule has 1 aliphatic carbocycles. The van der Waals surface area contributed by atoms with E-state index in [1.165, 1.54) is 18.7 Å². The lowest BCUT2D eigenvalue weighted by atomic mass is 9.92. The summed E-state index contributed by atoms with van der Waals surface area (Å²) in [6.45, 7) is 0. The highest BCUT2D eigenvalue weighted by Crippen LogP contribution is 2.25. The first-order valence-electron chi connectivity index (χ1n) is 5.77. The van der Waals surface area contributed by atoms with Gasteiger partial charge in [0, 0.05) is 0 Å². The molecule has 1 aromatic rings. The Morgan fingerprint density at radius 1 is 1.33 bits per heavy atom. The van der Waals surface area contributed by atoms with Crippen LogP contribution in [0.4, 0.5) is 0 Å². The van der Waals surface area contributed by atoms with Gasteiger partial charge in [-0.1, -0.05) is 36.4 Å². The third kappa shape index (κ3) is 2.74. The Bertz CT molecular complexity index is 538. The van der Waals surface area contributed by atoms with E-state index in [9.17, 15) is 9.59 Å². The predicted molar refractivity (Wildman–Crippen MR) is 68.9 cm³/mol. The minimum atomic E-state index is -0.509. The maximum absolute atomic E-state index is 11.7. The molecule has 0 spiro atoms. The summed E-state index contributed by atoms with van der Waals surface area (Å²) in [5.41, 5.74) is 3.10. The van der Waals surface area contributed by atoms with Gasteiger partial charge in [0.15, 0.2) is 5.78 Å². The molecule has 0 saturated heterocycles. The van der Waals surface area contributed by atoms with Gasteiger partial charge >= 0.3 is 5.97 Å². The number of ether oxygens (including phenoxy) is 1. The molecule has 1 aromatic carbocycles. The van der Waals surface area contributed by atoms with E-state index in [-0.39, 0.29) is 12.2 Å². The molecule has 0 saturated carbocycles. The molecule has 3 heteroatoms. The number of allylic oxidation sites excluding steroid dienone is 4. The molecule has 3 nitrogen and oxygen atoms in total. The lowest BCUT2D eigenvalue weighted by Crippen LogP contribution is -2.08. The highest BCUT2D eigenvalue weighted by molar-refractivity contribution is 6.07. The summed E-state index contributed by atoms with van der Waals surface area (Å²) in [6, 6.07) is 7.94. The zero-order valence-electron chi connectivity index (χ0n) is 10.2. The third-order valence-corrected chi connectivity index (χ3v) is 2.83. The standard InChI is InChI=1S/C15H14O3/c1-18-15(17)10-13(16)9-12-7-4-6-11-5-2-3-8-14(11)12/h2-5,7-9H,6,10H2,1H3. The number of hydrogen-bond acceptors (Lipinski definition) is 3. The zero-order valence-corrected chi connectivity index (χ0v) is 10.2. The average Bonchev–Trinajstić information content (AvgIpc) is 2.39. The van der Waals surface area contributed by atoms with Crippen molar-refractivity contribution in [3.8, 4) is 0 Å². The lowest BCUT2D eigenvalue weighted by Gasteiger charge is -2.13. The minimum absolute atomic E-state index is 0.212. The monoisotopic (exact) mass is 242 g/mol. The lowest BCUT2D eigenvalue weighted by molar-refractivity contribution is -0.142. The minimum Gasteiger partial charge on any atom is -0.469 e. The number of esters is 1. The van der Waals surface area contributed by atoms with Crippen LogP contribution in [0, 0.1) is 0 Å². The molecule has 0 unspecified atom stereocenters. The summed E-state index contributed by atoms with van der Waals surface area (Å²) >= 11 is 0. The highest BCUT2D eigenvalue weighted by Gasteiger charge is 2.12. The Labute approximate surface area is 106 Å². The third-order valence-electron chi connectivity index (χ3n) is 2.83. The fourth-order valence-electron chi connectivity index (χ4n) is 1.95. The van der Waals surface area contributed by atoms with E-state index in [0.29, 0.717) is 0 Å². The maximum atomic E-state index is 11.7. The normalized spacial score (nSPS) is 15.3. The van der Waals surface area contributed by atoms with Crippen LogP contribution in [-0.4, -0.2) is 18.9 Å². The van der Waals surface area contributed by atoms with E-state index in [1.54, 1.807) is 0 Å². The van der Waals surface area contributed by atoms with Gasteiger partial charge in [-0.05, 0) is 29.2 Å². The number of methoxy groups -OCH3 is 1. The van der Waals surface area contributed by atoms with Crippen molar-refractivity contribution >= 4 is 17.3 Å². The summed E-state index contributed by atoms with van der Waals surface area (Å²) in [5.74, 6) is -0.747. The molecule has 0 aromatic heterocycles. The molecule has 0 N–H and O–H groups in total. The van der Waals surface area contributed by atoms with Crippen LogP contribution >= 0.6 is 0 Å². The molecule has 0 bridgehead atoms. The Kier molecular flexibility index (Phi) is 3.72. The number of ketones is 1. The van der Waals surface area contributed by atoms with E-state index in [4.69, 9.17) is 0 Å². The number of benzene rings is 1. The van der Waals surface area contributed by atoms with Gasteiger partial charge < -0.3 is 4.74 Å². The first-order valence-corrected chi connectivity index (χ1v) is 5.77. The van der Waals surface area contributed by atoms with E-state index >= 15 is 0 Å². The summed E-state index contributed by atoms with van der Waals surface area (Å²) in [5, 5.41) is 0. The fourth-order valence-corrected chi connectivity index (χ4v) is 1.95. The largest absolute Gasteiger partial charge is 0.469 e. The second-order valence-electron chi connectivity index (χ2n) is 4.08. The molecule has 0 heterocycles. The van der Waals surface area contributed by atoms with Gasteiger partial charge in [0.1, 0.15) is 6.42 Å². The average molecular weight is 242 g/mol. The zero-order chi connectivity index (χ0) is 13.0. The van der Waals surface area contributed by atoms with Crippen LogP contribution in [0.25, 0.3) is 5.57 Å². The summed E-state index contributed by atoms with van der Waals surface area (Å²) in [7, 11) is 1.28. The summed E-state index contributed by atoms with van der Waals surface area (Å²) in [6.07, 6.45) is 6.09. The molecule has 0 fully saturated rings. The molecular formula is C15H14O3. The van der Waals surface area contributed by atoms with Gasteiger partial charge in [0.05, 0.1) is 7.11 Å². The summed E-state index contributed by atoms with van der Waals surface area (Å²) in [4.78, 5) is 22.7. The Morgan fingerprint density at radius 3 is 2.89 bits per heavy atom. The van der Waals surface area contributed by atoms with Crippen LogP contribution in [0.3, 0.4) is 0 Å². The van der Waals surface area contributed by atoms with Crippen LogP contribution in [0.15, 0.2) is 42.5 Å². The van der Waals surface area contributed by atoms with Crippen molar-refractivity contribution in [2.45, 2.75) is 12.8 Å². The van der Waals surface area contributed by atoms with Gasteiger partial charge in [-0.3, -0.25) is 9.59 Å². The van der Waals surface area contributed by atoms with Crippen molar-refractivity contribution in [1.29, 1.82) is 0 Å². The molecule has 0 atom stereocenters. The Balaban J connectivity index is 2.23. The van der Waals surface area contributed by atoms with Crippen molar-refractivity contribution in [3.63, 3.8) is 0 Å². The van der Waals surface area contributed by atoms with Crippen LogP contribution in [-0.2, 0) is 20.7 Å². The maximum Gasteiger partial charge on any atom is 0.313 e. The highest BCUT2D eigenvalue weighted by atomic mass is 16.5. The number of fused-ring (bicyclic) bond motifs is 1.